The van der Waals surface area contributed by atoms with Crippen molar-refractivity contribution in [1.29, 1.82) is 0 Å². The molecule has 0 aromatic carbocycles. The summed E-state index contributed by atoms with van der Waals surface area (Å²) < 4.78 is 36.1. The van der Waals surface area contributed by atoms with E-state index in [9.17, 15) is 13.0 Å². The van der Waals surface area contributed by atoms with E-state index < -0.39 is 10.1 Å². The molecular formula is C8H16NNaO4S. The minimum atomic E-state index is -4.04. The van der Waals surface area contributed by atoms with Crippen molar-refractivity contribution in [2.75, 3.05) is 25.4 Å². The molecule has 1 heterocycles. The second kappa shape index (κ2) is 8.00. The van der Waals surface area contributed by atoms with Crippen molar-refractivity contribution in [3.05, 3.63) is 0 Å². The molecule has 1 unspecified atom stereocenters. The molecule has 1 aliphatic heterocycles. The number of rotatable bonds is 6. The average Bonchev–Trinajstić information content (AvgIpc) is 2.54. The zero-order valence-corrected chi connectivity index (χ0v) is 11.9. The topological polar surface area (TPSA) is 78.5 Å². The molecule has 0 aromatic rings. The Bertz CT molecular complexity index is 251. The summed E-state index contributed by atoms with van der Waals surface area (Å²) in [5, 5.41) is 3.07. The first kappa shape index (κ1) is 15.8. The Morgan fingerprint density at radius 1 is 1.47 bits per heavy atom. The van der Waals surface area contributed by atoms with Gasteiger partial charge >= 0.3 is 29.6 Å². The number of nitrogens with one attached hydrogen (secondary N) is 1. The molecule has 1 fully saturated rings. The van der Waals surface area contributed by atoms with Gasteiger partial charge in [-0.25, -0.2) is 8.42 Å². The summed E-state index contributed by atoms with van der Waals surface area (Å²) in [5.41, 5.74) is 0. The van der Waals surface area contributed by atoms with Crippen LogP contribution in [0.1, 0.15) is 19.3 Å². The van der Waals surface area contributed by atoms with Crippen molar-refractivity contribution in [2.45, 2.75) is 25.4 Å². The van der Waals surface area contributed by atoms with Gasteiger partial charge in [-0.05, 0) is 25.8 Å². The molecule has 1 saturated heterocycles. The third-order valence-corrected chi connectivity index (χ3v) is 2.93. The summed E-state index contributed by atoms with van der Waals surface area (Å²) in [4.78, 5) is 0. The van der Waals surface area contributed by atoms with Crippen LogP contribution in [0.2, 0.25) is 0 Å². The zero-order chi connectivity index (χ0) is 10.4. The van der Waals surface area contributed by atoms with Gasteiger partial charge in [0, 0.05) is 18.9 Å². The van der Waals surface area contributed by atoms with E-state index in [1.165, 1.54) is 0 Å². The number of hydrogen-bond donors (Lipinski definition) is 1. The molecule has 0 aromatic heterocycles. The maximum absolute atomic E-state index is 10.2. The van der Waals surface area contributed by atoms with Crippen molar-refractivity contribution < 1.29 is 47.3 Å². The van der Waals surface area contributed by atoms with Crippen molar-refractivity contribution in [3.63, 3.8) is 0 Å². The molecule has 0 bridgehead atoms. The van der Waals surface area contributed by atoms with Gasteiger partial charge in [0.1, 0.15) is 0 Å². The van der Waals surface area contributed by atoms with Gasteiger partial charge in [0.05, 0.1) is 16.2 Å². The monoisotopic (exact) mass is 245 g/mol. The van der Waals surface area contributed by atoms with Gasteiger partial charge in [-0.3, -0.25) is 0 Å². The summed E-state index contributed by atoms with van der Waals surface area (Å²) in [6.07, 6.45) is 2.80. The molecule has 1 rings (SSSR count). The Labute approximate surface area is 113 Å². The Kier molecular flexibility index (Phi) is 8.44. The summed E-state index contributed by atoms with van der Waals surface area (Å²) in [7, 11) is -4.04. The van der Waals surface area contributed by atoms with Crippen LogP contribution >= 0.6 is 0 Å². The Balaban J connectivity index is 0.00000196. The van der Waals surface area contributed by atoms with Crippen LogP contribution in [0.25, 0.3) is 0 Å². The predicted octanol–water partition coefficient (Wildman–Crippen LogP) is -3.31. The van der Waals surface area contributed by atoms with Gasteiger partial charge in [-0.2, -0.15) is 0 Å². The van der Waals surface area contributed by atoms with Crippen LogP contribution in [0.3, 0.4) is 0 Å². The molecule has 0 amide bonds. The minimum absolute atomic E-state index is 0. The standard InChI is InChI=1S/C8H17NO4S.Na/c10-14(11,12)6-2-4-9-7-8-3-1-5-13-8;/h8-9H,1-7H2,(H,10,11,12);/q;+1/p-1. The van der Waals surface area contributed by atoms with E-state index in [1.807, 2.05) is 0 Å². The second-order valence-corrected chi connectivity index (χ2v) is 4.98. The van der Waals surface area contributed by atoms with Crippen molar-refractivity contribution in [3.8, 4) is 0 Å². The molecule has 0 aliphatic carbocycles. The zero-order valence-electron chi connectivity index (χ0n) is 9.07. The number of ether oxygens (including phenoxy) is 1. The van der Waals surface area contributed by atoms with Crippen molar-refractivity contribution >= 4 is 10.1 Å². The summed E-state index contributed by atoms with van der Waals surface area (Å²) in [6.45, 7) is 2.13. The van der Waals surface area contributed by atoms with E-state index in [0.717, 1.165) is 26.0 Å². The first-order chi connectivity index (χ1) is 6.58. The van der Waals surface area contributed by atoms with E-state index in [2.05, 4.69) is 5.32 Å². The Morgan fingerprint density at radius 2 is 2.20 bits per heavy atom. The van der Waals surface area contributed by atoms with Crippen LogP contribution in [-0.4, -0.2) is 44.5 Å². The minimum Gasteiger partial charge on any atom is -0.748 e. The Hall–Kier alpha value is 0.830. The molecule has 15 heavy (non-hydrogen) atoms. The molecule has 84 valence electrons. The normalized spacial score (nSPS) is 21.3. The molecule has 1 N–H and O–H groups in total. The van der Waals surface area contributed by atoms with Crippen LogP contribution in [0.15, 0.2) is 0 Å². The fourth-order valence-electron chi connectivity index (χ4n) is 1.44. The van der Waals surface area contributed by atoms with Crippen molar-refractivity contribution in [2.24, 2.45) is 0 Å². The second-order valence-electron chi connectivity index (χ2n) is 3.45. The largest absolute Gasteiger partial charge is 1.00 e. The van der Waals surface area contributed by atoms with Gasteiger partial charge in [-0.1, -0.05) is 0 Å². The van der Waals surface area contributed by atoms with Crippen LogP contribution in [0.5, 0.6) is 0 Å². The van der Waals surface area contributed by atoms with Gasteiger partial charge in [0.25, 0.3) is 0 Å². The van der Waals surface area contributed by atoms with Crippen LogP contribution in [0.4, 0.5) is 0 Å². The van der Waals surface area contributed by atoms with Crippen molar-refractivity contribution in [1.82, 2.24) is 5.32 Å². The summed E-state index contributed by atoms with van der Waals surface area (Å²) in [5.74, 6) is -0.286. The third kappa shape index (κ3) is 8.62. The summed E-state index contributed by atoms with van der Waals surface area (Å²) in [6, 6.07) is 0. The third-order valence-electron chi connectivity index (χ3n) is 2.14. The SMILES string of the molecule is O=S(=O)([O-])CCCNCC1CCCO1.[Na+]. The van der Waals surface area contributed by atoms with E-state index in [1.54, 1.807) is 0 Å². The van der Waals surface area contributed by atoms with E-state index in [-0.39, 0.29) is 41.4 Å². The molecule has 1 aliphatic rings. The van der Waals surface area contributed by atoms with Gasteiger partial charge < -0.3 is 14.6 Å². The molecule has 5 nitrogen and oxygen atoms in total. The first-order valence-electron chi connectivity index (χ1n) is 4.84. The molecule has 0 radical (unpaired) electrons. The maximum atomic E-state index is 10.2. The number of hydrogen-bond acceptors (Lipinski definition) is 5. The fourth-order valence-corrected chi connectivity index (χ4v) is 1.94. The molecule has 7 heteroatoms. The molecule has 0 saturated carbocycles. The predicted molar refractivity (Wildman–Crippen MR) is 51.0 cm³/mol. The summed E-state index contributed by atoms with van der Waals surface area (Å²) >= 11 is 0. The maximum Gasteiger partial charge on any atom is 1.00 e. The van der Waals surface area contributed by atoms with E-state index >= 15 is 0 Å². The average molecular weight is 245 g/mol. The van der Waals surface area contributed by atoms with E-state index in [4.69, 9.17) is 4.74 Å². The molecular weight excluding hydrogens is 229 g/mol. The smallest absolute Gasteiger partial charge is 0.748 e. The van der Waals surface area contributed by atoms with Gasteiger partial charge in [0.15, 0.2) is 0 Å². The van der Waals surface area contributed by atoms with E-state index in [0.29, 0.717) is 13.0 Å². The van der Waals surface area contributed by atoms with Crippen LogP contribution in [-0.2, 0) is 14.9 Å². The Morgan fingerprint density at radius 3 is 2.73 bits per heavy atom. The molecule has 0 spiro atoms. The first-order valence-corrected chi connectivity index (χ1v) is 6.41. The van der Waals surface area contributed by atoms with Crippen LogP contribution < -0.4 is 34.9 Å². The van der Waals surface area contributed by atoms with Gasteiger partial charge in [0.2, 0.25) is 0 Å². The fraction of sp³-hybridized carbons (Fsp3) is 1.00. The van der Waals surface area contributed by atoms with Gasteiger partial charge in [-0.15, -0.1) is 0 Å². The molecule has 1 atom stereocenters. The quantitative estimate of drug-likeness (QED) is 0.301. The van der Waals surface area contributed by atoms with Crippen LogP contribution in [0, 0.1) is 0 Å².